The highest BCUT2D eigenvalue weighted by atomic mass is 19.4. The van der Waals surface area contributed by atoms with Crippen LogP contribution in [-0.4, -0.2) is 27.9 Å². The summed E-state index contributed by atoms with van der Waals surface area (Å²) in [5.74, 6) is -0.133. The van der Waals surface area contributed by atoms with Crippen molar-refractivity contribution in [1.29, 1.82) is 0 Å². The van der Waals surface area contributed by atoms with Gasteiger partial charge in [0.1, 0.15) is 0 Å². The zero-order chi connectivity index (χ0) is 24.5. The van der Waals surface area contributed by atoms with E-state index in [9.17, 15) is 18.0 Å². The minimum atomic E-state index is -4.69. The number of hydrogen-bond acceptors (Lipinski definition) is 5. The number of azo groups is 1. The van der Waals surface area contributed by atoms with Crippen molar-refractivity contribution in [3.63, 3.8) is 0 Å². The molecule has 1 unspecified atom stereocenters. The van der Waals surface area contributed by atoms with Gasteiger partial charge in [-0.2, -0.15) is 23.4 Å². The summed E-state index contributed by atoms with van der Waals surface area (Å²) < 4.78 is 44.2. The molecule has 1 N–H and O–H groups in total. The van der Waals surface area contributed by atoms with Crippen LogP contribution < -0.4 is 5.32 Å². The van der Waals surface area contributed by atoms with E-state index in [0.717, 1.165) is 11.3 Å². The number of allylic oxidation sites excluding steroid dienone is 3. The Labute approximate surface area is 195 Å². The summed E-state index contributed by atoms with van der Waals surface area (Å²) in [5.41, 5.74) is 0.761. The summed E-state index contributed by atoms with van der Waals surface area (Å²) in [6.45, 7) is 5.82. The van der Waals surface area contributed by atoms with Gasteiger partial charge < -0.3 is 5.32 Å². The molecule has 0 bridgehead atoms. The standard InChI is InChI=1S/C25H26F3N5O/c1-5-24(15-8-6-7-14(11-15)17-9-10-29-33(17)4)19-16(12-23(2,3)13-18(19)34)30-22-20(24)21(31-32-22)25(26,27)28/h6-11,22,30H,5,12-13H2,1-4H3/t22?,24-/m0/s1. The molecule has 9 heteroatoms. The average molecular weight is 470 g/mol. The molecule has 34 heavy (non-hydrogen) atoms. The lowest BCUT2D eigenvalue weighted by Crippen LogP contribution is -2.52. The third-order valence-electron chi connectivity index (χ3n) is 7.15. The van der Waals surface area contributed by atoms with Crippen LogP contribution >= 0.6 is 0 Å². The van der Waals surface area contributed by atoms with Crippen LogP contribution in [0.15, 0.2) is 69.3 Å². The number of fused-ring (bicyclic) bond motifs is 1. The number of aryl methyl sites for hydroxylation is 1. The summed E-state index contributed by atoms with van der Waals surface area (Å²) in [5, 5.41) is 14.9. The van der Waals surface area contributed by atoms with Gasteiger partial charge in [0.05, 0.1) is 11.1 Å². The van der Waals surface area contributed by atoms with Crippen LogP contribution in [0, 0.1) is 5.41 Å². The average Bonchev–Trinajstić information content (AvgIpc) is 3.37. The van der Waals surface area contributed by atoms with Crippen molar-refractivity contribution in [2.45, 2.75) is 57.8 Å². The molecule has 1 aromatic heterocycles. The van der Waals surface area contributed by atoms with Crippen molar-refractivity contribution >= 4 is 5.78 Å². The SMILES string of the molecule is CC[C@]1(c2cccc(-c3ccnn3C)c2)C2=C(CC(C)(C)CC2=O)NC2N=NC(C(F)(F)F)=C21. The van der Waals surface area contributed by atoms with Crippen molar-refractivity contribution in [2.75, 3.05) is 0 Å². The quantitative estimate of drug-likeness (QED) is 0.637. The Bertz CT molecular complexity index is 1280. The highest BCUT2D eigenvalue weighted by Gasteiger charge is 2.57. The van der Waals surface area contributed by atoms with Crippen LogP contribution in [0.1, 0.15) is 45.6 Å². The summed E-state index contributed by atoms with van der Waals surface area (Å²) in [6, 6.07) is 9.25. The molecule has 0 saturated heterocycles. The molecule has 2 aromatic rings. The fraction of sp³-hybridized carbons (Fsp3) is 0.440. The number of ketones is 1. The van der Waals surface area contributed by atoms with E-state index < -0.39 is 23.5 Å². The molecule has 1 aliphatic carbocycles. The van der Waals surface area contributed by atoms with Gasteiger partial charge in [-0.15, -0.1) is 5.11 Å². The van der Waals surface area contributed by atoms with Gasteiger partial charge in [0.25, 0.3) is 0 Å². The first kappa shape index (κ1) is 22.6. The molecule has 3 aliphatic rings. The number of Topliss-reactive ketones (excluding diaryl/α,β-unsaturated/α-hetero) is 1. The smallest absolute Gasteiger partial charge is 0.362 e. The number of aromatic nitrogens is 2. The maximum atomic E-state index is 14.2. The van der Waals surface area contributed by atoms with Gasteiger partial charge in [0.2, 0.25) is 0 Å². The summed E-state index contributed by atoms with van der Waals surface area (Å²) >= 11 is 0. The number of carbonyl (C=O) groups is 1. The summed E-state index contributed by atoms with van der Waals surface area (Å²) in [6.07, 6.45) is -2.89. The Balaban J connectivity index is 1.83. The monoisotopic (exact) mass is 469 g/mol. The molecular weight excluding hydrogens is 443 g/mol. The van der Waals surface area contributed by atoms with Gasteiger partial charge in [-0.1, -0.05) is 39.0 Å². The molecule has 178 valence electrons. The van der Waals surface area contributed by atoms with E-state index in [4.69, 9.17) is 0 Å². The summed E-state index contributed by atoms with van der Waals surface area (Å²) in [4.78, 5) is 13.6. The number of halogens is 3. The van der Waals surface area contributed by atoms with Crippen molar-refractivity contribution in [3.05, 3.63) is 64.6 Å². The van der Waals surface area contributed by atoms with E-state index in [0.29, 0.717) is 23.3 Å². The van der Waals surface area contributed by atoms with Crippen LogP contribution in [0.5, 0.6) is 0 Å². The second-order valence-corrected chi connectivity index (χ2v) is 10.00. The first-order chi connectivity index (χ1) is 16.0. The first-order valence-electron chi connectivity index (χ1n) is 11.3. The fourth-order valence-electron chi connectivity index (χ4n) is 5.81. The third-order valence-corrected chi connectivity index (χ3v) is 7.15. The van der Waals surface area contributed by atoms with Crippen molar-refractivity contribution < 1.29 is 18.0 Å². The van der Waals surface area contributed by atoms with E-state index in [-0.39, 0.29) is 29.6 Å². The molecule has 0 fully saturated rings. The number of nitrogens with zero attached hydrogens (tertiary/aromatic N) is 4. The van der Waals surface area contributed by atoms with Crippen LogP contribution in [0.2, 0.25) is 0 Å². The Hall–Kier alpha value is -3.23. The second kappa shape index (κ2) is 7.38. The molecule has 0 radical (unpaired) electrons. The van der Waals surface area contributed by atoms with E-state index in [1.807, 2.05) is 58.2 Å². The fourth-order valence-corrected chi connectivity index (χ4v) is 5.81. The lowest BCUT2D eigenvalue weighted by Gasteiger charge is -2.48. The minimum absolute atomic E-state index is 0.0106. The molecule has 0 spiro atoms. The van der Waals surface area contributed by atoms with Gasteiger partial charge in [-0.25, -0.2) is 0 Å². The van der Waals surface area contributed by atoms with Crippen LogP contribution in [0.3, 0.4) is 0 Å². The Kier molecular flexibility index (Phi) is 4.90. The van der Waals surface area contributed by atoms with E-state index >= 15 is 0 Å². The number of benzene rings is 1. The minimum Gasteiger partial charge on any atom is -0.362 e. The Morgan fingerprint density at radius 3 is 2.62 bits per heavy atom. The molecule has 6 nitrogen and oxygen atoms in total. The van der Waals surface area contributed by atoms with E-state index in [2.05, 4.69) is 20.6 Å². The highest BCUT2D eigenvalue weighted by molar-refractivity contribution is 6.01. The largest absolute Gasteiger partial charge is 0.435 e. The van der Waals surface area contributed by atoms with Crippen LogP contribution in [0.4, 0.5) is 13.2 Å². The topological polar surface area (TPSA) is 71.6 Å². The Morgan fingerprint density at radius 2 is 1.97 bits per heavy atom. The Morgan fingerprint density at radius 1 is 1.21 bits per heavy atom. The number of carbonyl (C=O) groups excluding carboxylic acids is 1. The van der Waals surface area contributed by atoms with E-state index in [1.54, 1.807) is 10.9 Å². The van der Waals surface area contributed by atoms with Crippen molar-refractivity contribution in [3.8, 4) is 11.3 Å². The first-order valence-corrected chi connectivity index (χ1v) is 11.3. The molecule has 0 amide bonds. The molecule has 1 aromatic carbocycles. The number of rotatable bonds is 3. The normalized spacial score (nSPS) is 26.0. The van der Waals surface area contributed by atoms with Crippen LogP contribution in [-0.2, 0) is 17.3 Å². The number of alkyl halides is 3. The van der Waals surface area contributed by atoms with Gasteiger partial charge in [0.15, 0.2) is 17.6 Å². The molecular formula is C25H26F3N5O. The highest BCUT2D eigenvalue weighted by Crippen LogP contribution is 2.56. The maximum Gasteiger partial charge on any atom is 0.435 e. The van der Waals surface area contributed by atoms with Gasteiger partial charge in [-0.3, -0.25) is 9.48 Å². The van der Waals surface area contributed by atoms with Crippen molar-refractivity contribution in [1.82, 2.24) is 15.1 Å². The van der Waals surface area contributed by atoms with Crippen LogP contribution in [0.25, 0.3) is 11.3 Å². The third kappa shape index (κ3) is 3.24. The lowest BCUT2D eigenvalue weighted by molar-refractivity contribution is -0.119. The molecule has 2 atom stereocenters. The van der Waals surface area contributed by atoms with Gasteiger partial charge in [0, 0.05) is 42.1 Å². The predicted molar refractivity (Wildman–Crippen MR) is 121 cm³/mol. The van der Waals surface area contributed by atoms with E-state index in [1.165, 1.54) is 0 Å². The molecule has 3 heterocycles. The number of hydrogen-bond donors (Lipinski definition) is 1. The van der Waals surface area contributed by atoms with Crippen molar-refractivity contribution in [2.24, 2.45) is 22.7 Å². The van der Waals surface area contributed by atoms with Gasteiger partial charge >= 0.3 is 6.18 Å². The predicted octanol–water partition coefficient (Wildman–Crippen LogP) is 5.59. The molecule has 2 aliphatic heterocycles. The lowest BCUT2D eigenvalue weighted by atomic mass is 9.58. The second-order valence-electron chi connectivity index (χ2n) is 10.00. The summed E-state index contributed by atoms with van der Waals surface area (Å²) in [7, 11) is 1.81. The van der Waals surface area contributed by atoms with Gasteiger partial charge in [-0.05, 0) is 36.0 Å². The number of nitrogens with one attached hydrogen (secondary N) is 1. The molecule has 5 rings (SSSR count). The zero-order valence-corrected chi connectivity index (χ0v) is 19.5. The zero-order valence-electron chi connectivity index (χ0n) is 19.5. The molecule has 0 saturated carbocycles. The maximum absolute atomic E-state index is 14.2.